The highest BCUT2D eigenvalue weighted by molar-refractivity contribution is 4.81. The molecule has 0 unspecified atom stereocenters. The van der Waals surface area contributed by atoms with Crippen molar-refractivity contribution in [3.63, 3.8) is 0 Å². The Morgan fingerprint density at radius 2 is 2.00 bits per heavy atom. The van der Waals surface area contributed by atoms with Crippen LogP contribution >= 0.6 is 0 Å². The van der Waals surface area contributed by atoms with E-state index in [0.717, 1.165) is 32.1 Å². The summed E-state index contributed by atoms with van der Waals surface area (Å²) in [5, 5.41) is 20.6. The van der Waals surface area contributed by atoms with Crippen LogP contribution in [0.2, 0.25) is 0 Å². The van der Waals surface area contributed by atoms with Crippen molar-refractivity contribution in [3.8, 4) is 0 Å². The summed E-state index contributed by atoms with van der Waals surface area (Å²) in [4.78, 5) is 11.0. The van der Waals surface area contributed by atoms with Crippen molar-refractivity contribution < 1.29 is 10.0 Å². The number of nitro groups is 1. The van der Waals surface area contributed by atoms with Gasteiger partial charge >= 0.3 is 0 Å². The molecule has 0 aromatic rings. The van der Waals surface area contributed by atoms with Gasteiger partial charge in [0.15, 0.2) is 0 Å². The number of nitrogens with zero attached hydrogens (tertiary/aromatic N) is 1. The summed E-state index contributed by atoms with van der Waals surface area (Å²) in [5.74, 6) is 0.234. The van der Waals surface area contributed by atoms with Crippen molar-refractivity contribution >= 4 is 0 Å². The molecule has 106 valence electrons. The Morgan fingerprint density at radius 1 is 1.28 bits per heavy atom. The molecule has 0 aliphatic heterocycles. The summed E-state index contributed by atoms with van der Waals surface area (Å²) in [6.07, 6.45) is 9.32. The van der Waals surface area contributed by atoms with Gasteiger partial charge < -0.3 is 5.11 Å². The normalized spacial score (nSPS) is 25.9. The van der Waals surface area contributed by atoms with Crippen LogP contribution < -0.4 is 0 Å². The average Bonchev–Trinajstić information content (AvgIpc) is 2.39. The minimum Gasteiger partial charge on any atom is -0.396 e. The Hall–Kier alpha value is -0.640. The number of hydrogen-bond donors (Lipinski definition) is 1. The second-order valence-electron chi connectivity index (χ2n) is 5.59. The lowest BCUT2D eigenvalue weighted by Gasteiger charge is -2.31. The van der Waals surface area contributed by atoms with Gasteiger partial charge in [-0.05, 0) is 25.2 Å². The second-order valence-corrected chi connectivity index (χ2v) is 5.59. The van der Waals surface area contributed by atoms with E-state index in [2.05, 4.69) is 6.92 Å². The van der Waals surface area contributed by atoms with E-state index < -0.39 is 6.04 Å². The molecule has 0 amide bonds. The standard InChI is InChI=1S/C14H27NO3/c1-2-3-4-5-8-12(11-16)13-9-6-7-10-14(13)15(17)18/h12-14,16H,2-11H2,1H3/t12-,13+,14+/m1/s1. The second kappa shape index (κ2) is 8.46. The van der Waals surface area contributed by atoms with Crippen LogP contribution in [0.1, 0.15) is 64.7 Å². The predicted molar refractivity (Wildman–Crippen MR) is 72.1 cm³/mol. The molecule has 0 aromatic heterocycles. The molecule has 1 aliphatic carbocycles. The average molecular weight is 257 g/mol. The molecule has 0 heterocycles. The van der Waals surface area contributed by atoms with Gasteiger partial charge in [0.1, 0.15) is 0 Å². The molecule has 1 rings (SSSR count). The van der Waals surface area contributed by atoms with Crippen molar-refractivity contribution in [1.29, 1.82) is 0 Å². The summed E-state index contributed by atoms with van der Waals surface area (Å²) in [6.45, 7) is 2.29. The van der Waals surface area contributed by atoms with E-state index in [4.69, 9.17) is 0 Å². The van der Waals surface area contributed by atoms with Crippen LogP contribution in [0.4, 0.5) is 0 Å². The third-order valence-electron chi connectivity index (χ3n) is 4.32. The summed E-state index contributed by atoms with van der Waals surface area (Å²) in [7, 11) is 0. The maximum absolute atomic E-state index is 11.1. The van der Waals surface area contributed by atoms with Crippen LogP contribution in [0, 0.1) is 22.0 Å². The highest BCUT2D eigenvalue weighted by Gasteiger charge is 2.38. The lowest BCUT2D eigenvalue weighted by Crippen LogP contribution is -2.38. The fraction of sp³-hybridized carbons (Fsp3) is 1.00. The summed E-state index contributed by atoms with van der Waals surface area (Å²) in [6, 6.07) is -0.415. The van der Waals surface area contributed by atoms with E-state index in [1.165, 1.54) is 19.3 Å². The summed E-state index contributed by atoms with van der Waals surface area (Å²) >= 11 is 0. The Morgan fingerprint density at radius 3 is 2.61 bits per heavy atom. The minimum absolute atomic E-state index is 0.0976. The first-order chi connectivity index (χ1) is 8.70. The van der Waals surface area contributed by atoms with Gasteiger partial charge in [0.25, 0.3) is 0 Å². The third-order valence-corrected chi connectivity index (χ3v) is 4.32. The molecule has 18 heavy (non-hydrogen) atoms. The van der Waals surface area contributed by atoms with Gasteiger partial charge in [-0.15, -0.1) is 0 Å². The van der Waals surface area contributed by atoms with Crippen LogP contribution in [0.25, 0.3) is 0 Å². The van der Waals surface area contributed by atoms with Crippen LogP contribution in [-0.4, -0.2) is 22.7 Å². The molecule has 1 N–H and O–H groups in total. The zero-order valence-electron chi connectivity index (χ0n) is 11.5. The number of hydrogen-bond acceptors (Lipinski definition) is 3. The first kappa shape index (κ1) is 15.4. The highest BCUT2D eigenvalue weighted by Crippen LogP contribution is 2.34. The summed E-state index contributed by atoms with van der Waals surface area (Å²) < 4.78 is 0. The van der Waals surface area contributed by atoms with Crippen molar-refractivity contribution in [2.75, 3.05) is 6.61 Å². The monoisotopic (exact) mass is 257 g/mol. The molecule has 4 heteroatoms. The maximum Gasteiger partial charge on any atom is 0.216 e. The molecular weight excluding hydrogens is 230 g/mol. The molecule has 1 aliphatic rings. The SMILES string of the molecule is CCCCCC[C@H](CO)[C@@H]1CCCC[C@@H]1[N+](=O)[O-]. The molecule has 3 atom stereocenters. The molecule has 0 radical (unpaired) electrons. The Kier molecular flexibility index (Phi) is 7.25. The van der Waals surface area contributed by atoms with Crippen LogP contribution in [-0.2, 0) is 0 Å². The molecule has 1 saturated carbocycles. The van der Waals surface area contributed by atoms with Crippen molar-refractivity contribution in [3.05, 3.63) is 10.1 Å². The van der Waals surface area contributed by atoms with E-state index in [-0.39, 0.29) is 23.4 Å². The van der Waals surface area contributed by atoms with E-state index in [0.29, 0.717) is 6.42 Å². The molecule has 0 bridgehead atoms. The smallest absolute Gasteiger partial charge is 0.216 e. The topological polar surface area (TPSA) is 63.4 Å². The maximum atomic E-state index is 11.1. The van der Waals surface area contributed by atoms with Gasteiger partial charge in [0, 0.05) is 23.9 Å². The number of unbranched alkanes of at least 4 members (excludes halogenated alkanes) is 3. The van der Waals surface area contributed by atoms with Gasteiger partial charge in [-0.2, -0.15) is 0 Å². The molecule has 0 saturated heterocycles. The number of aliphatic hydroxyl groups is 1. The number of aliphatic hydroxyl groups excluding tert-OH is 1. The van der Waals surface area contributed by atoms with E-state index in [1.807, 2.05) is 0 Å². The van der Waals surface area contributed by atoms with E-state index in [1.54, 1.807) is 0 Å². The van der Waals surface area contributed by atoms with Crippen molar-refractivity contribution in [2.24, 2.45) is 11.8 Å². The van der Waals surface area contributed by atoms with Gasteiger partial charge in [-0.1, -0.05) is 39.0 Å². The van der Waals surface area contributed by atoms with Crippen molar-refractivity contribution in [2.45, 2.75) is 70.8 Å². The first-order valence-corrected chi connectivity index (χ1v) is 7.45. The molecular formula is C14H27NO3. The Bertz CT molecular complexity index is 245. The third kappa shape index (κ3) is 4.56. The quantitative estimate of drug-likeness (QED) is 0.412. The first-order valence-electron chi connectivity index (χ1n) is 7.45. The largest absolute Gasteiger partial charge is 0.396 e. The van der Waals surface area contributed by atoms with E-state index >= 15 is 0 Å². The van der Waals surface area contributed by atoms with Crippen molar-refractivity contribution in [1.82, 2.24) is 0 Å². The molecule has 0 spiro atoms. The zero-order valence-corrected chi connectivity index (χ0v) is 11.5. The lowest BCUT2D eigenvalue weighted by atomic mass is 9.75. The summed E-state index contributed by atoms with van der Waals surface area (Å²) in [5.41, 5.74) is 0. The van der Waals surface area contributed by atoms with Gasteiger partial charge in [0.2, 0.25) is 6.04 Å². The van der Waals surface area contributed by atoms with Crippen LogP contribution in [0.15, 0.2) is 0 Å². The Balaban J connectivity index is 2.47. The Labute approximate surface area is 110 Å². The molecule has 4 nitrogen and oxygen atoms in total. The van der Waals surface area contributed by atoms with Gasteiger partial charge in [-0.3, -0.25) is 10.1 Å². The van der Waals surface area contributed by atoms with Gasteiger partial charge in [0.05, 0.1) is 0 Å². The lowest BCUT2D eigenvalue weighted by molar-refractivity contribution is -0.538. The van der Waals surface area contributed by atoms with E-state index in [9.17, 15) is 15.2 Å². The van der Waals surface area contributed by atoms with Crippen LogP contribution in [0.3, 0.4) is 0 Å². The fourth-order valence-corrected chi connectivity index (χ4v) is 3.23. The zero-order chi connectivity index (χ0) is 13.4. The van der Waals surface area contributed by atoms with Crippen LogP contribution in [0.5, 0.6) is 0 Å². The molecule has 0 aromatic carbocycles. The minimum atomic E-state index is -0.415. The van der Waals surface area contributed by atoms with Gasteiger partial charge in [-0.25, -0.2) is 0 Å². The number of rotatable bonds is 8. The predicted octanol–water partition coefficient (Wildman–Crippen LogP) is 3.40. The molecule has 1 fully saturated rings. The highest BCUT2D eigenvalue weighted by atomic mass is 16.6. The fourth-order valence-electron chi connectivity index (χ4n) is 3.23.